The fraction of sp³-hybridized carbons (Fsp3) is 0.385. The minimum Gasteiger partial charge on any atom is -0.326 e. The van der Waals surface area contributed by atoms with E-state index >= 15 is 0 Å². The maximum Gasteiger partial charge on any atom is 0.274 e. The first-order valence-corrected chi connectivity index (χ1v) is 5.59. The zero-order valence-electron chi connectivity index (χ0n) is 11.0. The SMILES string of the molecule is CONC(=O)c1cccc(NC(=O)C(C)(C)C)c1. The van der Waals surface area contributed by atoms with Crippen LogP contribution in [0.1, 0.15) is 31.1 Å². The second-order valence-electron chi connectivity index (χ2n) is 4.92. The van der Waals surface area contributed by atoms with E-state index in [9.17, 15) is 9.59 Å². The third kappa shape index (κ3) is 3.85. The number of hydrogen-bond donors (Lipinski definition) is 2. The summed E-state index contributed by atoms with van der Waals surface area (Å²) in [5.41, 5.74) is 2.74. The predicted octanol–water partition coefficient (Wildman–Crippen LogP) is 1.96. The minimum absolute atomic E-state index is 0.105. The van der Waals surface area contributed by atoms with Crippen LogP contribution in [-0.4, -0.2) is 18.9 Å². The number of benzene rings is 1. The molecule has 0 spiro atoms. The number of nitrogens with one attached hydrogen (secondary N) is 2. The van der Waals surface area contributed by atoms with Gasteiger partial charge in [0.15, 0.2) is 0 Å². The van der Waals surface area contributed by atoms with Gasteiger partial charge < -0.3 is 5.32 Å². The number of carbonyl (C=O) groups is 2. The highest BCUT2D eigenvalue weighted by Crippen LogP contribution is 2.18. The van der Waals surface area contributed by atoms with E-state index in [0.717, 1.165) is 0 Å². The van der Waals surface area contributed by atoms with Crippen LogP contribution in [0.15, 0.2) is 24.3 Å². The highest BCUT2D eigenvalue weighted by Gasteiger charge is 2.21. The van der Waals surface area contributed by atoms with Gasteiger partial charge in [-0.15, -0.1) is 0 Å². The average molecular weight is 250 g/mol. The van der Waals surface area contributed by atoms with Gasteiger partial charge in [-0.2, -0.15) is 0 Å². The molecule has 0 aliphatic rings. The Hall–Kier alpha value is -1.88. The van der Waals surface area contributed by atoms with E-state index in [-0.39, 0.29) is 11.8 Å². The summed E-state index contributed by atoms with van der Waals surface area (Å²) in [6.07, 6.45) is 0. The molecule has 0 saturated carbocycles. The molecule has 5 heteroatoms. The highest BCUT2D eigenvalue weighted by molar-refractivity contribution is 5.98. The quantitative estimate of drug-likeness (QED) is 0.806. The molecule has 1 aromatic carbocycles. The maximum atomic E-state index is 11.8. The van der Waals surface area contributed by atoms with Gasteiger partial charge in [0.25, 0.3) is 5.91 Å². The van der Waals surface area contributed by atoms with Gasteiger partial charge in [0, 0.05) is 16.7 Å². The summed E-state index contributed by atoms with van der Waals surface area (Å²) in [5, 5.41) is 2.76. The summed E-state index contributed by atoms with van der Waals surface area (Å²) in [5.74, 6) is -0.462. The van der Waals surface area contributed by atoms with Crippen LogP contribution >= 0.6 is 0 Å². The molecule has 0 unspecified atom stereocenters. The Morgan fingerprint density at radius 2 is 1.89 bits per heavy atom. The van der Waals surface area contributed by atoms with Gasteiger partial charge in [0.05, 0.1) is 7.11 Å². The number of hydroxylamine groups is 1. The van der Waals surface area contributed by atoms with Gasteiger partial charge in [-0.1, -0.05) is 26.8 Å². The third-order valence-electron chi connectivity index (χ3n) is 2.26. The summed E-state index contributed by atoms with van der Waals surface area (Å²) in [6.45, 7) is 5.47. The van der Waals surface area contributed by atoms with E-state index in [4.69, 9.17) is 0 Å². The summed E-state index contributed by atoms with van der Waals surface area (Å²) < 4.78 is 0. The van der Waals surface area contributed by atoms with Crippen molar-refractivity contribution in [3.05, 3.63) is 29.8 Å². The molecule has 0 aliphatic heterocycles. The molecular weight excluding hydrogens is 232 g/mol. The molecule has 0 aliphatic carbocycles. The van der Waals surface area contributed by atoms with Crippen LogP contribution in [0.4, 0.5) is 5.69 Å². The van der Waals surface area contributed by atoms with E-state index in [2.05, 4.69) is 15.6 Å². The fourth-order valence-corrected chi connectivity index (χ4v) is 1.21. The second kappa shape index (κ2) is 5.64. The van der Waals surface area contributed by atoms with Crippen molar-refractivity contribution < 1.29 is 14.4 Å². The Kier molecular flexibility index (Phi) is 4.44. The van der Waals surface area contributed by atoms with Crippen LogP contribution in [0.25, 0.3) is 0 Å². The summed E-state index contributed by atoms with van der Waals surface area (Å²) in [4.78, 5) is 27.9. The van der Waals surface area contributed by atoms with Crippen LogP contribution in [0.5, 0.6) is 0 Å². The lowest BCUT2D eigenvalue weighted by molar-refractivity contribution is -0.123. The molecule has 18 heavy (non-hydrogen) atoms. The van der Waals surface area contributed by atoms with Gasteiger partial charge in [-0.3, -0.25) is 14.4 Å². The van der Waals surface area contributed by atoms with E-state index in [0.29, 0.717) is 11.3 Å². The van der Waals surface area contributed by atoms with Crippen LogP contribution in [-0.2, 0) is 9.63 Å². The van der Waals surface area contributed by atoms with Gasteiger partial charge in [0.2, 0.25) is 5.91 Å². The molecule has 0 bridgehead atoms. The van der Waals surface area contributed by atoms with Gasteiger partial charge in [0.1, 0.15) is 0 Å². The zero-order chi connectivity index (χ0) is 13.8. The normalized spacial score (nSPS) is 10.9. The van der Waals surface area contributed by atoms with Crippen molar-refractivity contribution in [2.45, 2.75) is 20.8 Å². The van der Waals surface area contributed by atoms with Crippen molar-refractivity contribution in [2.24, 2.45) is 5.41 Å². The molecule has 1 rings (SSSR count). The molecule has 0 radical (unpaired) electrons. The highest BCUT2D eigenvalue weighted by atomic mass is 16.6. The van der Waals surface area contributed by atoms with Crippen molar-refractivity contribution in [3.8, 4) is 0 Å². The van der Waals surface area contributed by atoms with Crippen molar-refractivity contribution in [1.29, 1.82) is 0 Å². The van der Waals surface area contributed by atoms with Crippen molar-refractivity contribution in [3.63, 3.8) is 0 Å². The first kappa shape index (κ1) is 14.2. The van der Waals surface area contributed by atoms with E-state index in [1.165, 1.54) is 7.11 Å². The summed E-state index contributed by atoms with van der Waals surface area (Å²) >= 11 is 0. The molecule has 5 nitrogen and oxygen atoms in total. The predicted molar refractivity (Wildman–Crippen MR) is 69.0 cm³/mol. The van der Waals surface area contributed by atoms with Crippen LogP contribution in [0, 0.1) is 5.41 Å². The molecule has 98 valence electrons. The number of anilines is 1. The Labute approximate surface area is 106 Å². The van der Waals surface area contributed by atoms with Crippen LogP contribution in [0.3, 0.4) is 0 Å². The monoisotopic (exact) mass is 250 g/mol. The molecular formula is C13H18N2O3. The lowest BCUT2D eigenvalue weighted by atomic mass is 9.95. The average Bonchev–Trinajstić information content (AvgIpc) is 2.28. The fourth-order valence-electron chi connectivity index (χ4n) is 1.21. The first-order chi connectivity index (χ1) is 8.34. The molecule has 0 heterocycles. The van der Waals surface area contributed by atoms with E-state index < -0.39 is 5.41 Å². The molecule has 0 atom stereocenters. The lowest BCUT2D eigenvalue weighted by Crippen LogP contribution is -2.28. The number of hydrogen-bond acceptors (Lipinski definition) is 3. The molecule has 0 aromatic heterocycles. The largest absolute Gasteiger partial charge is 0.326 e. The third-order valence-corrected chi connectivity index (χ3v) is 2.26. The van der Waals surface area contributed by atoms with Gasteiger partial charge >= 0.3 is 0 Å². The topological polar surface area (TPSA) is 67.4 Å². The molecule has 1 aromatic rings. The summed E-state index contributed by atoms with van der Waals surface area (Å²) in [6, 6.07) is 6.66. The Morgan fingerprint density at radius 3 is 2.44 bits per heavy atom. The Morgan fingerprint density at radius 1 is 1.22 bits per heavy atom. The second-order valence-corrected chi connectivity index (χ2v) is 4.92. The minimum atomic E-state index is -0.481. The van der Waals surface area contributed by atoms with E-state index in [1.807, 2.05) is 20.8 Å². The number of carbonyl (C=O) groups excluding carboxylic acids is 2. The number of rotatable bonds is 3. The van der Waals surface area contributed by atoms with Crippen LogP contribution in [0.2, 0.25) is 0 Å². The molecule has 0 fully saturated rings. The molecule has 0 saturated heterocycles. The molecule has 2 amide bonds. The van der Waals surface area contributed by atoms with E-state index in [1.54, 1.807) is 24.3 Å². The first-order valence-electron chi connectivity index (χ1n) is 5.59. The maximum absolute atomic E-state index is 11.8. The standard InChI is InChI=1S/C13H18N2O3/c1-13(2,3)12(17)14-10-7-5-6-9(8-10)11(16)15-18-4/h5-8H,1-4H3,(H,14,17)(H,15,16). The number of amides is 2. The van der Waals surface area contributed by atoms with Gasteiger partial charge in [-0.25, -0.2) is 5.48 Å². The smallest absolute Gasteiger partial charge is 0.274 e. The van der Waals surface area contributed by atoms with Crippen molar-refractivity contribution >= 4 is 17.5 Å². The Balaban J connectivity index is 2.83. The zero-order valence-corrected chi connectivity index (χ0v) is 11.0. The lowest BCUT2D eigenvalue weighted by Gasteiger charge is -2.17. The van der Waals surface area contributed by atoms with Crippen LogP contribution < -0.4 is 10.8 Å². The molecule has 2 N–H and O–H groups in total. The van der Waals surface area contributed by atoms with Crippen molar-refractivity contribution in [2.75, 3.05) is 12.4 Å². The van der Waals surface area contributed by atoms with Crippen molar-refractivity contribution in [1.82, 2.24) is 5.48 Å². The Bertz CT molecular complexity index is 450. The summed E-state index contributed by atoms with van der Waals surface area (Å²) in [7, 11) is 1.36. The van der Waals surface area contributed by atoms with Gasteiger partial charge in [-0.05, 0) is 18.2 Å².